The van der Waals surface area contributed by atoms with Gasteiger partial charge in [0.05, 0.1) is 31.5 Å². The van der Waals surface area contributed by atoms with Crippen LogP contribution in [-0.4, -0.2) is 41.4 Å². The first-order chi connectivity index (χ1) is 15.6. The van der Waals surface area contributed by atoms with E-state index >= 15 is 0 Å². The summed E-state index contributed by atoms with van der Waals surface area (Å²) in [7, 11) is 3.20. The smallest absolute Gasteiger partial charge is 0.271 e. The summed E-state index contributed by atoms with van der Waals surface area (Å²) in [6.45, 7) is 0. The molecule has 4 aromatic rings. The van der Waals surface area contributed by atoms with Gasteiger partial charge in [-0.25, -0.2) is 10.4 Å². The molecule has 3 N–H and O–H groups in total. The van der Waals surface area contributed by atoms with E-state index in [4.69, 9.17) is 9.47 Å². The number of carbonyl (C=O) groups is 1. The molecule has 0 bridgehead atoms. The number of amides is 1. The Balaban J connectivity index is 1.47. The summed E-state index contributed by atoms with van der Waals surface area (Å²) in [6, 6.07) is 17.5. The molecule has 32 heavy (non-hydrogen) atoms. The number of aromatic nitrogens is 2. The lowest BCUT2D eigenvalue weighted by Gasteiger charge is -2.08. The number of rotatable bonds is 7. The molecule has 0 aliphatic heterocycles. The van der Waals surface area contributed by atoms with E-state index in [1.54, 1.807) is 56.7 Å². The first-order valence-corrected chi connectivity index (χ1v) is 9.87. The normalized spacial score (nSPS) is 11.1. The minimum Gasteiger partial charge on any atom is -0.508 e. The van der Waals surface area contributed by atoms with E-state index in [1.165, 1.54) is 6.21 Å². The topological polar surface area (TPSA) is 109 Å². The highest BCUT2D eigenvalue weighted by molar-refractivity contribution is 5.97. The maximum Gasteiger partial charge on any atom is 0.271 e. The molecule has 1 heterocycles. The van der Waals surface area contributed by atoms with Crippen molar-refractivity contribution in [3.8, 4) is 17.2 Å². The molecular weight excluding hydrogens is 408 g/mol. The number of nitrogens with zero attached hydrogens (tertiary/aromatic N) is 2. The average molecular weight is 430 g/mol. The third-order valence-electron chi connectivity index (χ3n) is 4.86. The van der Waals surface area contributed by atoms with Crippen molar-refractivity contribution >= 4 is 23.2 Å². The van der Waals surface area contributed by atoms with E-state index in [-0.39, 0.29) is 11.7 Å². The number of H-pyrrole nitrogens is 1. The molecule has 162 valence electrons. The summed E-state index contributed by atoms with van der Waals surface area (Å²) in [6.07, 6.45) is 2.04. The largest absolute Gasteiger partial charge is 0.508 e. The molecule has 4 rings (SSSR count). The van der Waals surface area contributed by atoms with Crippen LogP contribution in [0.15, 0.2) is 65.8 Å². The number of ether oxygens (including phenoxy) is 2. The molecule has 8 nitrogen and oxygen atoms in total. The molecule has 8 heteroatoms. The van der Waals surface area contributed by atoms with Crippen LogP contribution in [0.2, 0.25) is 0 Å². The van der Waals surface area contributed by atoms with Crippen molar-refractivity contribution in [3.63, 3.8) is 0 Å². The molecule has 1 aromatic heterocycles. The number of phenols is 1. The van der Waals surface area contributed by atoms with Gasteiger partial charge in [-0.2, -0.15) is 5.10 Å². The minimum atomic E-state index is -0.348. The first kappa shape index (κ1) is 20.9. The Hall–Kier alpha value is -4.33. The second-order valence-electron chi connectivity index (χ2n) is 7.08. The van der Waals surface area contributed by atoms with Crippen LogP contribution in [0.25, 0.3) is 11.0 Å². The Labute approximate surface area is 184 Å². The van der Waals surface area contributed by atoms with Crippen LogP contribution in [0.5, 0.6) is 17.2 Å². The number of hydrogen-bond acceptors (Lipinski definition) is 6. The van der Waals surface area contributed by atoms with E-state index in [1.807, 2.05) is 18.2 Å². The van der Waals surface area contributed by atoms with Crippen molar-refractivity contribution in [1.29, 1.82) is 0 Å². The number of hydrazone groups is 1. The van der Waals surface area contributed by atoms with Crippen LogP contribution >= 0.6 is 0 Å². The number of hydrogen-bond donors (Lipinski definition) is 3. The third-order valence-corrected chi connectivity index (χ3v) is 4.86. The summed E-state index contributed by atoms with van der Waals surface area (Å²) in [5, 5.41) is 13.4. The molecule has 0 fully saturated rings. The fourth-order valence-corrected chi connectivity index (χ4v) is 3.31. The van der Waals surface area contributed by atoms with Gasteiger partial charge in [-0.15, -0.1) is 0 Å². The van der Waals surface area contributed by atoms with E-state index in [2.05, 4.69) is 20.5 Å². The number of carbonyl (C=O) groups excluding carboxylic acids is 1. The zero-order valence-electron chi connectivity index (χ0n) is 17.6. The molecular formula is C24H22N4O4. The van der Waals surface area contributed by atoms with E-state index in [0.717, 1.165) is 22.4 Å². The van der Waals surface area contributed by atoms with Gasteiger partial charge >= 0.3 is 0 Å². The molecule has 0 unspecified atom stereocenters. The van der Waals surface area contributed by atoms with Gasteiger partial charge in [-0.05, 0) is 53.6 Å². The number of phenolic OH excluding ortho intramolecular Hbond substituents is 1. The zero-order chi connectivity index (χ0) is 22.5. The number of imidazole rings is 1. The van der Waals surface area contributed by atoms with Crippen LogP contribution < -0.4 is 14.9 Å². The molecule has 0 aliphatic rings. The summed E-state index contributed by atoms with van der Waals surface area (Å²) in [5.74, 6) is 1.88. The third kappa shape index (κ3) is 4.70. The van der Waals surface area contributed by atoms with Gasteiger partial charge in [0.2, 0.25) is 0 Å². The molecule has 0 saturated carbocycles. The van der Waals surface area contributed by atoms with E-state index in [9.17, 15) is 9.90 Å². The van der Waals surface area contributed by atoms with Gasteiger partial charge in [-0.1, -0.05) is 18.2 Å². The van der Waals surface area contributed by atoms with Crippen LogP contribution in [0.3, 0.4) is 0 Å². The number of fused-ring (bicyclic) bond motifs is 1. The van der Waals surface area contributed by atoms with Gasteiger partial charge in [0, 0.05) is 12.0 Å². The second-order valence-corrected chi connectivity index (χ2v) is 7.08. The summed E-state index contributed by atoms with van der Waals surface area (Å²) < 4.78 is 10.6. The van der Waals surface area contributed by atoms with Crippen molar-refractivity contribution in [2.75, 3.05) is 14.2 Å². The van der Waals surface area contributed by atoms with Crippen LogP contribution in [0.4, 0.5) is 0 Å². The summed E-state index contributed by atoms with van der Waals surface area (Å²) in [4.78, 5) is 20.3. The van der Waals surface area contributed by atoms with Crippen LogP contribution in [0.1, 0.15) is 27.3 Å². The number of methoxy groups -OCH3 is 2. The van der Waals surface area contributed by atoms with Crippen molar-refractivity contribution < 1.29 is 19.4 Å². The van der Waals surface area contributed by atoms with Gasteiger partial charge < -0.3 is 19.6 Å². The van der Waals surface area contributed by atoms with Crippen LogP contribution in [-0.2, 0) is 6.42 Å². The number of aromatic amines is 1. The highest BCUT2D eigenvalue weighted by Crippen LogP contribution is 2.28. The standard InChI is InChI=1S/C24H22N4O4/c1-31-21-9-6-15(11-22(21)32-2)12-23-26-19-8-7-17(13-20(19)27-23)24(30)28-25-14-16-4-3-5-18(29)10-16/h3-11,13-14,29H,12H2,1-2H3,(H,26,27)(H,28,30)/b25-14-. The average Bonchev–Trinajstić information content (AvgIpc) is 3.20. The maximum absolute atomic E-state index is 12.4. The summed E-state index contributed by atoms with van der Waals surface area (Å²) in [5.41, 5.74) is 6.15. The van der Waals surface area contributed by atoms with Crippen molar-refractivity contribution in [1.82, 2.24) is 15.4 Å². The quantitative estimate of drug-likeness (QED) is 0.306. The highest BCUT2D eigenvalue weighted by Gasteiger charge is 2.11. The van der Waals surface area contributed by atoms with Gasteiger partial charge in [0.15, 0.2) is 11.5 Å². The Kier molecular flexibility index (Phi) is 6.03. The Bertz CT molecular complexity index is 1300. The van der Waals surface area contributed by atoms with Gasteiger partial charge in [0.1, 0.15) is 11.6 Å². The fraction of sp³-hybridized carbons (Fsp3) is 0.125. The first-order valence-electron chi connectivity index (χ1n) is 9.87. The molecule has 1 amide bonds. The molecule has 0 atom stereocenters. The predicted octanol–water partition coefficient (Wildman–Crippen LogP) is 3.64. The number of nitrogens with one attached hydrogen (secondary N) is 2. The van der Waals surface area contributed by atoms with Gasteiger partial charge in [-0.3, -0.25) is 4.79 Å². The zero-order valence-corrected chi connectivity index (χ0v) is 17.6. The fourth-order valence-electron chi connectivity index (χ4n) is 3.31. The van der Waals surface area contributed by atoms with E-state index < -0.39 is 0 Å². The lowest BCUT2D eigenvalue weighted by molar-refractivity contribution is 0.0955. The Morgan fingerprint density at radius 3 is 2.72 bits per heavy atom. The van der Waals surface area contributed by atoms with Crippen molar-refractivity contribution in [2.24, 2.45) is 5.10 Å². The van der Waals surface area contributed by atoms with Crippen LogP contribution in [0, 0.1) is 0 Å². The van der Waals surface area contributed by atoms with E-state index in [0.29, 0.717) is 29.0 Å². The Morgan fingerprint density at radius 2 is 1.94 bits per heavy atom. The molecule has 0 saturated heterocycles. The lowest BCUT2D eigenvalue weighted by Crippen LogP contribution is -2.17. The number of aromatic hydroxyl groups is 1. The van der Waals surface area contributed by atoms with Crippen molar-refractivity contribution in [2.45, 2.75) is 6.42 Å². The minimum absolute atomic E-state index is 0.133. The predicted molar refractivity (Wildman–Crippen MR) is 122 cm³/mol. The summed E-state index contributed by atoms with van der Waals surface area (Å²) >= 11 is 0. The maximum atomic E-state index is 12.4. The molecule has 0 aliphatic carbocycles. The Morgan fingerprint density at radius 1 is 1.09 bits per heavy atom. The van der Waals surface area contributed by atoms with Gasteiger partial charge in [0.25, 0.3) is 5.91 Å². The highest BCUT2D eigenvalue weighted by atomic mass is 16.5. The lowest BCUT2D eigenvalue weighted by atomic mass is 10.1. The second kappa shape index (κ2) is 9.22. The van der Waals surface area contributed by atoms with Crippen molar-refractivity contribution in [3.05, 3.63) is 83.2 Å². The molecule has 0 radical (unpaired) electrons. The monoisotopic (exact) mass is 430 g/mol. The number of benzene rings is 3. The SMILES string of the molecule is COc1ccc(Cc2nc3ccc(C(=O)N/N=C\c4cccc(O)c4)cc3[nH]2)cc1OC. The molecule has 0 spiro atoms. The molecule has 3 aromatic carbocycles.